The van der Waals surface area contributed by atoms with Gasteiger partial charge in [0.05, 0.1) is 26.0 Å². The number of fused-ring (bicyclic) bond motifs is 3. The molecule has 0 spiro atoms. The second-order valence-electron chi connectivity index (χ2n) is 9.33. The molecule has 3 N–H and O–H groups in total. The van der Waals surface area contributed by atoms with Crippen LogP contribution in [0, 0.1) is 5.41 Å². The summed E-state index contributed by atoms with van der Waals surface area (Å²) in [5.74, 6) is 0.295. The largest absolute Gasteiger partial charge is 0.476 e. The van der Waals surface area contributed by atoms with Crippen molar-refractivity contribution in [3.63, 3.8) is 0 Å². The van der Waals surface area contributed by atoms with Crippen molar-refractivity contribution in [1.82, 2.24) is 9.78 Å². The molecule has 2 amide bonds. The normalized spacial score (nSPS) is 23.0. The fraction of sp³-hybridized carbons (Fsp3) is 0.545. The summed E-state index contributed by atoms with van der Waals surface area (Å²) >= 11 is 0. The maximum atomic E-state index is 13.3. The number of carbonyl (C=O) groups excluding carboxylic acids is 1. The minimum atomic E-state index is -3.53. The summed E-state index contributed by atoms with van der Waals surface area (Å²) in [6.45, 7) is 3.41. The highest BCUT2D eigenvalue weighted by Gasteiger charge is 2.35. The van der Waals surface area contributed by atoms with Crippen LogP contribution in [0.25, 0.3) is 0 Å². The van der Waals surface area contributed by atoms with Crippen molar-refractivity contribution >= 4 is 21.6 Å². The SMILES string of the molecule is COCC1(C)COc2c(S(N)(=O)=NC(=O)Nc3c4c(cc5c3CCC5)CCC4)cnn2C1. The third kappa shape index (κ3) is 3.70. The first kappa shape index (κ1) is 21.4. The van der Waals surface area contributed by atoms with E-state index in [-0.39, 0.29) is 10.3 Å². The molecule has 2 unspecified atom stereocenters. The summed E-state index contributed by atoms with van der Waals surface area (Å²) in [6, 6.07) is 1.59. The highest BCUT2D eigenvalue weighted by molar-refractivity contribution is 7.91. The number of urea groups is 1. The molecule has 2 aliphatic carbocycles. The van der Waals surface area contributed by atoms with Crippen LogP contribution in [0.15, 0.2) is 21.5 Å². The molecule has 2 heterocycles. The highest BCUT2D eigenvalue weighted by Crippen LogP contribution is 2.39. The summed E-state index contributed by atoms with van der Waals surface area (Å²) in [7, 11) is -1.90. The van der Waals surface area contributed by atoms with Gasteiger partial charge in [-0.1, -0.05) is 13.0 Å². The molecule has 10 heteroatoms. The summed E-state index contributed by atoms with van der Waals surface area (Å²) in [5.41, 5.74) is 5.55. The number of benzene rings is 1. The van der Waals surface area contributed by atoms with Gasteiger partial charge in [0.2, 0.25) is 5.88 Å². The number of hydrogen-bond acceptors (Lipinski definition) is 5. The minimum absolute atomic E-state index is 0.135. The predicted molar refractivity (Wildman–Crippen MR) is 120 cm³/mol. The van der Waals surface area contributed by atoms with Gasteiger partial charge >= 0.3 is 6.03 Å². The van der Waals surface area contributed by atoms with Crippen molar-refractivity contribution < 1.29 is 18.5 Å². The van der Waals surface area contributed by atoms with E-state index in [0.717, 1.165) is 44.2 Å². The molecule has 0 fully saturated rings. The second kappa shape index (κ2) is 7.86. The summed E-state index contributed by atoms with van der Waals surface area (Å²) in [5, 5.41) is 13.2. The number of nitrogens with two attached hydrogens (primary N) is 1. The summed E-state index contributed by atoms with van der Waals surface area (Å²) in [6.07, 6.45) is 7.45. The fourth-order valence-corrected chi connectivity index (χ4v) is 6.17. The lowest BCUT2D eigenvalue weighted by Gasteiger charge is -2.33. The Bertz CT molecular complexity index is 1180. The van der Waals surface area contributed by atoms with Crippen LogP contribution >= 0.6 is 0 Å². The Labute approximate surface area is 188 Å². The van der Waals surface area contributed by atoms with Crippen molar-refractivity contribution in [1.29, 1.82) is 0 Å². The van der Waals surface area contributed by atoms with Gasteiger partial charge in [-0.3, -0.25) is 0 Å². The van der Waals surface area contributed by atoms with Crippen molar-refractivity contribution in [2.45, 2.75) is 56.9 Å². The van der Waals surface area contributed by atoms with Crippen LogP contribution in [0.1, 0.15) is 42.0 Å². The molecule has 3 aliphatic rings. The number of nitrogens with one attached hydrogen (secondary N) is 1. The zero-order valence-electron chi connectivity index (χ0n) is 18.5. The van der Waals surface area contributed by atoms with E-state index in [9.17, 15) is 9.00 Å². The third-order valence-corrected chi connectivity index (χ3v) is 7.93. The molecule has 2 atom stereocenters. The van der Waals surface area contributed by atoms with Gasteiger partial charge in [-0.05, 0) is 60.8 Å². The Kier molecular flexibility index (Phi) is 5.26. The number of anilines is 1. The van der Waals surface area contributed by atoms with Crippen LogP contribution < -0.4 is 15.2 Å². The van der Waals surface area contributed by atoms with E-state index in [1.165, 1.54) is 28.5 Å². The van der Waals surface area contributed by atoms with Gasteiger partial charge in [0.25, 0.3) is 0 Å². The van der Waals surface area contributed by atoms with Gasteiger partial charge in [-0.25, -0.2) is 18.8 Å². The van der Waals surface area contributed by atoms with Gasteiger partial charge in [0.15, 0.2) is 9.92 Å². The van der Waals surface area contributed by atoms with Crippen molar-refractivity contribution in [2.75, 3.05) is 25.6 Å². The summed E-state index contributed by atoms with van der Waals surface area (Å²) < 4.78 is 29.9. The van der Waals surface area contributed by atoms with Gasteiger partial charge < -0.3 is 14.8 Å². The van der Waals surface area contributed by atoms with E-state index in [0.29, 0.717) is 25.6 Å². The first-order chi connectivity index (χ1) is 15.3. The number of nitrogens with zero attached hydrogens (tertiary/aromatic N) is 3. The number of aromatic nitrogens is 2. The molecule has 9 nitrogen and oxygen atoms in total. The maximum absolute atomic E-state index is 13.3. The van der Waals surface area contributed by atoms with Gasteiger partial charge in [0.1, 0.15) is 4.90 Å². The van der Waals surface area contributed by atoms with E-state index in [4.69, 9.17) is 14.6 Å². The number of carbonyl (C=O) groups is 1. The van der Waals surface area contributed by atoms with Crippen LogP contribution in [-0.2, 0) is 46.9 Å². The number of aryl methyl sites for hydroxylation is 2. The molecule has 0 bridgehead atoms. The van der Waals surface area contributed by atoms with Crippen LogP contribution in [0.3, 0.4) is 0 Å². The lowest BCUT2D eigenvalue weighted by atomic mass is 9.92. The zero-order valence-corrected chi connectivity index (χ0v) is 19.3. The van der Waals surface area contributed by atoms with Gasteiger partial charge in [-0.15, -0.1) is 4.36 Å². The van der Waals surface area contributed by atoms with Crippen LogP contribution in [0.2, 0.25) is 0 Å². The Balaban J connectivity index is 1.43. The Morgan fingerprint density at radius 2 is 2.00 bits per heavy atom. The monoisotopic (exact) mass is 459 g/mol. The van der Waals surface area contributed by atoms with Crippen molar-refractivity contribution in [2.24, 2.45) is 14.9 Å². The van der Waals surface area contributed by atoms with E-state index in [1.54, 1.807) is 11.8 Å². The number of ether oxygens (including phenoxy) is 2. The molecule has 1 aromatic carbocycles. The maximum Gasteiger partial charge on any atom is 0.354 e. The molecule has 1 aliphatic heterocycles. The van der Waals surface area contributed by atoms with Crippen LogP contribution in [0.5, 0.6) is 5.88 Å². The topological polar surface area (TPSA) is 121 Å². The van der Waals surface area contributed by atoms with Crippen LogP contribution in [0.4, 0.5) is 10.5 Å². The van der Waals surface area contributed by atoms with E-state index >= 15 is 0 Å². The van der Waals surface area contributed by atoms with Crippen molar-refractivity contribution in [3.05, 3.63) is 34.5 Å². The molecule has 0 saturated carbocycles. The first-order valence-electron chi connectivity index (χ1n) is 11.0. The molecule has 2 aromatic rings. The smallest absolute Gasteiger partial charge is 0.354 e. The average molecular weight is 460 g/mol. The second-order valence-corrected chi connectivity index (χ2v) is 11.1. The van der Waals surface area contributed by atoms with Crippen molar-refractivity contribution in [3.8, 4) is 5.88 Å². The molecule has 5 rings (SSSR count). The van der Waals surface area contributed by atoms with Gasteiger partial charge in [-0.2, -0.15) is 5.10 Å². The highest BCUT2D eigenvalue weighted by atomic mass is 32.2. The Morgan fingerprint density at radius 3 is 2.66 bits per heavy atom. The number of methoxy groups -OCH3 is 1. The zero-order chi connectivity index (χ0) is 22.5. The van der Waals surface area contributed by atoms with Crippen LogP contribution in [-0.4, -0.2) is 40.3 Å². The average Bonchev–Trinajstić information content (AvgIpc) is 3.45. The standard InChI is InChI=1S/C22H29N5O4S/c1-22(12-30-2)11-27-20(31-13-22)18(10-24-27)32(23,29)26-21(28)25-19-16-7-3-5-14(16)9-15-6-4-8-17(15)19/h9-10H,3-8,11-13H2,1-2H3,(H3,23,25,26,28,29). The quantitative estimate of drug-likeness (QED) is 0.728. The number of rotatable bonds is 4. The molecule has 1 aromatic heterocycles. The van der Waals surface area contributed by atoms with Gasteiger partial charge in [0, 0.05) is 18.2 Å². The van der Waals surface area contributed by atoms with E-state index in [2.05, 4.69) is 20.8 Å². The third-order valence-electron chi connectivity index (χ3n) is 6.58. The predicted octanol–water partition coefficient (Wildman–Crippen LogP) is 2.84. The Hall–Kier alpha value is -2.43. The fourth-order valence-electron chi connectivity index (χ4n) is 5.17. The molecular weight excluding hydrogens is 430 g/mol. The lowest BCUT2D eigenvalue weighted by molar-refractivity contribution is 0.00897. The molecular formula is C22H29N5O4S. The number of hydrogen-bond donors (Lipinski definition) is 2. The minimum Gasteiger partial charge on any atom is -0.476 e. The molecule has 0 radical (unpaired) electrons. The summed E-state index contributed by atoms with van der Waals surface area (Å²) in [4.78, 5) is 13.0. The first-order valence-corrected chi connectivity index (χ1v) is 12.6. The molecule has 32 heavy (non-hydrogen) atoms. The van der Waals surface area contributed by atoms with E-state index in [1.807, 2.05) is 6.92 Å². The molecule has 0 saturated heterocycles. The number of amides is 2. The van der Waals surface area contributed by atoms with E-state index < -0.39 is 15.9 Å². The lowest BCUT2D eigenvalue weighted by Crippen LogP contribution is -2.39. The molecule has 172 valence electrons. The Morgan fingerprint density at radius 1 is 1.31 bits per heavy atom.